The molecule has 0 spiro atoms. The molecule has 1 aliphatic carbocycles. The van der Waals surface area contributed by atoms with Gasteiger partial charge >= 0.3 is 0 Å². The molecule has 5 heteroatoms. The van der Waals surface area contributed by atoms with Crippen LogP contribution in [0.25, 0.3) is 0 Å². The number of nitrogens with one attached hydrogen (secondary N) is 1. The maximum Gasteiger partial charge on any atom is 0.271 e. The topological polar surface area (TPSA) is 72.9 Å². The van der Waals surface area contributed by atoms with Gasteiger partial charge in [0.1, 0.15) is 5.69 Å². The Kier molecular flexibility index (Phi) is 4.12. The van der Waals surface area contributed by atoms with Crippen molar-refractivity contribution in [3.8, 4) is 0 Å². The molecule has 3 N–H and O–H groups in total. The summed E-state index contributed by atoms with van der Waals surface area (Å²) in [7, 11) is 0. The number of carbonyl (C=O) groups excluding carboxylic acids is 1. The van der Waals surface area contributed by atoms with Gasteiger partial charge in [0.15, 0.2) is 0 Å². The van der Waals surface area contributed by atoms with Crippen LogP contribution < -0.4 is 11.1 Å². The van der Waals surface area contributed by atoms with Gasteiger partial charge in [-0.25, -0.2) is 0 Å². The standard InChI is InChI=1S/C14H24N4O/c1-4-18-13(12(15)10(3)17-18)14(19)16-11-8-6-5-7-9(11)2/h9,11H,4-8,15H2,1-3H3,(H,16,19). The normalized spacial score (nSPS) is 23.3. The molecule has 0 saturated heterocycles. The summed E-state index contributed by atoms with van der Waals surface area (Å²) in [4.78, 5) is 12.4. The van der Waals surface area contributed by atoms with Crippen molar-refractivity contribution in [1.82, 2.24) is 15.1 Å². The van der Waals surface area contributed by atoms with Crippen LogP contribution in [0.3, 0.4) is 0 Å². The van der Waals surface area contributed by atoms with Crippen LogP contribution >= 0.6 is 0 Å². The van der Waals surface area contributed by atoms with Gasteiger partial charge in [0.05, 0.1) is 11.4 Å². The highest BCUT2D eigenvalue weighted by atomic mass is 16.2. The lowest BCUT2D eigenvalue weighted by molar-refractivity contribution is 0.0900. The predicted molar refractivity (Wildman–Crippen MR) is 75.9 cm³/mol. The fourth-order valence-electron chi connectivity index (χ4n) is 2.83. The van der Waals surface area contributed by atoms with Gasteiger partial charge in [-0.1, -0.05) is 19.8 Å². The van der Waals surface area contributed by atoms with Gasteiger partial charge in [0, 0.05) is 12.6 Å². The summed E-state index contributed by atoms with van der Waals surface area (Å²) in [5, 5.41) is 7.43. The predicted octanol–water partition coefficient (Wildman–Crippen LogP) is 2.10. The molecule has 0 aromatic carbocycles. The molecule has 0 aliphatic heterocycles. The zero-order chi connectivity index (χ0) is 14.0. The minimum absolute atomic E-state index is 0.0845. The summed E-state index contributed by atoms with van der Waals surface area (Å²) in [5.41, 5.74) is 7.72. The fourth-order valence-corrected chi connectivity index (χ4v) is 2.83. The van der Waals surface area contributed by atoms with E-state index in [1.807, 2.05) is 13.8 Å². The van der Waals surface area contributed by atoms with Crippen molar-refractivity contribution in [2.75, 3.05) is 5.73 Å². The number of carbonyl (C=O) groups is 1. The minimum Gasteiger partial charge on any atom is -0.395 e. The fraction of sp³-hybridized carbons (Fsp3) is 0.714. The summed E-state index contributed by atoms with van der Waals surface area (Å²) in [5.74, 6) is 0.455. The molecule has 1 aromatic rings. The van der Waals surface area contributed by atoms with Crippen molar-refractivity contribution in [3.05, 3.63) is 11.4 Å². The number of amides is 1. The Labute approximate surface area is 114 Å². The van der Waals surface area contributed by atoms with Crippen LogP contribution in [-0.4, -0.2) is 21.7 Å². The van der Waals surface area contributed by atoms with Crippen LogP contribution in [-0.2, 0) is 6.54 Å². The molecule has 0 bridgehead atoms. The van der Waals surface area contributed by atoms with Crippen LogP contribution in [0, 0.1) is 12.8 Å². The van der Waals surface area contributed by atoms with Crippen LogP contribution in [0.1, 0.15) is 55.7 Å². The molecule has 1 aromatic heterocycles. The lowest BCUT2D eigenvalue weighted by Crippen LogP contribution is -2.42. The first-order valence-corrected chi connectivity index (χ1v) is 7.18. The van der Waals surface area contributed by atoms with Crippen LogP contribution in [0.2, 0.25) is 0 Å². The summed E-state index contributed by atoms with van der Waals surface area (Å²) in [6, 6.07) is 0.265. The van der Waals surface area contributed by atoms with Crippen molar-refractivity contribution in [2.45, 2.75) is 59.0 Å². The summed E-state index contributed by atoms with van der Waals surface area (Å²) < 4.78 is 1.69. The Hall–Kier alpha value is -1.52. The molecule has 2 rings (SSSR count). The lowest BCUT2D eigenvalue weighted by Gasteiger charge is -2.29. The Bertz CT molecular complexity index is 466. The SMILES string of the molecule is CCn1nc(C)c(N)c1C(=O)NC1CCCCC1C. The molecular weight excluding hydrogens is 240 g/mol. The molecular formula is C14H24N4O. The molecule has 1 saturated carbocycles. The van der Waals surface area contributed by atoms with E-state index in [0.29, 0.717) is 23.8 Å². The van der Waals surface area contributed by atoms with E-state index in [1.165, 1.54) is 19.3 Å². The maximum atomic E-state index is 12.4. The number of rotatable bonds is 3. The Morgan fingerprint density at radius 1 is 1.47 bits per heavy atom. The molecule has 1 heterocycles. The monoisotopic (exact) mass is 264 g/mol. The Morgan fingerprint density at radius 3 is 2.79 bits per heavy atom. The number of nitrogens with two attached hydrogens (primary N) is 1. The minimum atomic E-state index is -0.0845. The number of aryl methyl sites for hydroxylation is 2. The first kappa shape index (κ1) is 13.9. The van der Waals surface area contributed by atoms with E-state index in [1.54, 1.807) is 4.68 Å². The second-order valence-corrected chi connectivity index (χ2v) is 5.51. The number of hydrogen-bond acceptors (Lipinski definition) is 3. The van der Waals surface area contributed by atoms with E-state index in [-0.39, 0.29) is 11.9 Å². The average molecular weight is 264 g/mol. The number of hydrogen-bond donors (Lipinski definition) is 2. The lowest BCUT2D eigenvalue weighted by atomic mass is 9.86. The highest BCUT2D eigenvalue weighted by Crippen LogP contribution is 2.24. The van der Waals surface area contributed by atoms with Crippen LogP contribution in [0.15, 0.2) is 0 Å². The second-order valence-electron chi connectivity index (χ2n) is 5.51. The van der Waals surface area contributed by atoms with Crippen LogP contribution in [0.5, 0.6) is 0 Å². The van der Waals surface area contributed by atoms with Gasteiger partial charge in [0.25, 0.3) is 5.91 Å². The maximum absolute atomic E-state index is 12.4. The first-order chi connectivity index (χ1) is 9.04. The van der Waals surface area contributed by atoms with E-state index in [4.69, 9.17) is 5.73 Å². The molecule has 5 nitrogen and oxygen atoms in total. The van der Waals surface area contributed by atoms with Gasteiger partial charge < -0.3 is 11.1 Å². The zero-order valence-corrected chi connectivity index (χ0v) is 12.1. The van der Waals surface area contributed by atoms with Gasteiger partial charge in [-0.15, -0.1) is 0 Å². The highest BCUT2D eigenvalue weighted by Gasteiger charge is 2.26. The van der Waals surface area contributed by atoms with E-state index in [2.05, 4.69) is 17.3 Å². The third-order valence-electron chi connectivity index (χ3n) is 4.12. The van der Waals surface area contributed by atoms with E-state index < -0.39 is 0 Å². The smallest absolute Gasteiger partial charge is 0.271 e. The molecule has 1 fully saturated rings. The number of nitrogen functional groups attached to an aromatic ring is 1. The Morgan fingerprint density at radius 2 is 2.16 bits per heavy atom. The Balaban J connectivity index is 2.15. The quantitative estimate of drug-likeness (QED) is 0.878. The van der Waals surface area contributed by atoms with Crippen molar-refractivity contribution in [3.63, 3.8) is 0 Å². The van der Waals surface area contributed by atoms with Crippen molar-refractivity contribution >= 4 is 11.6 Å². The summed E-state index contributed by atoms with van der Waals surface area (Å²) in [6.07, 6.45) is 4.71. The third kappa shape index (κ3) is 2.74. The zero-order valence-electron chi connectivity index (χ0n) is 12.1. The molecule has 1 amide bonds. The van der Waals surface area contributed by atoms with E-state index >= 15 is 0 Å². The number of aromatic nitrogens is 2. The number of nitrogens with zero attached hydrogens (tertiary/aromatic N) is 2. The molecule has 1 aliphatic rings. The largest absolute Gasteiger partial charge is 0.395 e. The molecule has 2 atom stereocenters. The third-order valence-corrected chi connectivity index (χ3v) is 4.12. The summed E-state index contributed by atoms with van der Waals surface area (Å²) >= 11 is 0. The van der Waals surface area contributed by atoms with Gasteiger partial charge in [0.2, 0.25) is 0 Å². The molecule has 106 valence electrons. The summed E-state index contributed by atoms with van der Waals surface area (Å²) in [6.45, 7) is 6.66. The molecule has 0 radical (unpaired) electrons. The second kappa shape index (κ2) is 5.63. The average Bonchev–Trinajstić information content (AvgIpc) is 2.68. The van der Waals surface area contributed by atoms with Crippen molar-refractivity contribution in [1.29, 1.82) is 0 Å². The molecule has 19 heavy (non-hydrogen) atoms. The number of anilines is 1. The van der Waals surface area contributed by atoms with Crippen molar-refractivity contribution < 1.29 is 4.79 Å². The van der Waals surface area contributed by atoms with Crippen LogP contribution in [0.4, 0.5) is 5.69 Å². The van der Waals surface area contributed by atoms with Gasteiger partial charge in [-0.05, 0) is 32.6 Å². The van der Waals surface area contributed by atoms with Crippen molar-refractivity contribution in [2.24, 2.45) is 5.92 Å². The highest BCUT2D eigenvalue weighted by molar-refractivity contribution is 5.98. The van der Waals surface area contributed by atoms with E-state index in [0.717, 1.165) is 12.1 Å². The first-order valence-electron chi connectivity index (χ1n) is 7.18. The van der Waals surface area contributed by atoms with Gasteiger partial charge in [-0.3, -0.25) is 9.48 Å². The van der Waals surface area contributed by atoms with Gasteiger partial charge in [-0.2, -0.15) is 5.10 Å². The molecule has 2 unspecified atom stereocenters. The van der Waals surface area contributed by atoms with E-state index in [9.17, 15) is 4.79 Å².